The molecule has 0 bridgehead atoms. The molecular weight excluding hydrogens is 506 g/mol. The number of tetrazole rings is 1. The van der Waals surface area contributed by atoms with E-state index in [1.54, 1.807) is 0 Å². The molecule has 6 rings (SSSR count). The van der Waals surface area contributed by atoms with Gasteiger partial charge in [-0.2, -0.15) is 0 Å². The number of benzene rings is 2. The van der Waals surface area contributed by atoms with Crippen LogP contribution in [0.2, 0.25) is 0 Å². The highest BCUT2D eigenvalue weighted by atomic mass is 16.7. The third-order valence-electron chi connectivity index (χ3n) is 8.43. The van der Waals surface area contributed by atoms with E-state index in [2.05, 4.69) is 82.3 Å². The monoisotopic (exact) mass is 543 g/mol. The van der Waals surface area contributed by atoms with Crippen molar-refractivity contribution < 1.29 is 9.47 Å². The van der Waals surface area contributed by atoms with Crippen LogP contribution in [0.4, 0.5) is 0 Å². The zero-order valence-corrected chi connectivity index (χ0v) is 23.7. The number of hydrogen-bond acceptors (Lipinski definition) is 8. The van der Waals surface area contributed by atoms with Gasteiger partial charge in [-0.1, -0.05) is 26.0 Å². The Morgan fingerprint density at radius 3 is 2.52 bits per heavy atom. The molecule has 4 heterocycles. The van der Waals surface area contributed by atoms with Crippen LogP contribution in [0.5, 0.6) is 11.5 Å². The zero-order valence-electron chi connectivity index (χ0n) is 23.7. The first-order chi connectivity index (χ1) is 19.4. The van der Waals surface area contributed by atoms with Crippen molar-refractivity contribution in [2.75, 3.05) is 33.0 Å². The maximum atomic E-state index is 13.6. The third kappa shape index (κ3) is 4.97. The van der Waals surface area contributed by atoms with Gasteiger partial charge < -0.3 is 14.5 Å². The van der Waals surface area contributed by atoms with Crippen molar-refractivity contribution in [2.45, 2.75) is 58.7 Å². The fraction of sp³-hybridized carbons (Fsp3) is 0.467. The highest BCUT2D eigenvalue weighted by Gasteiger charge is 2.35. The minimum absolute atomic E-state index is 0.103. The lowest BCUT2D eigenvalue weighted by Crippen LogP contribution is -2.49. The second-order valence-corrected chi connectivity index (χ2v) is 11.3. The van der Waals surface area contributed by atoms with Crippen molar-refractivity contribution in [1.82, 2.24) is 35.0 Å². The lowest BCUT2D eigenvalue weighted by molar-refractivity contribution is 0.0968. The molecule has 2 aromatic carbocycles. The van der Waals surface area contributed by atoms with E-state index >= 15 is 0 Å². The Balaban J connectivity index is 1.32. The molecule has 2 aliphatic rings. The number of hydrogen-bond donors (Lipinski definition) is 1. The SMILES string of the molecule is CCc1ccc2[nH]c(=O)c(C(c3nnnn3C(C)(C)CC)N3CCN(Cc4ccc5c(c4)OCO5)CC3)cc2c1. The Bertz CT molecular complexity index is 1570. The molecule has 10 heteroatoms. The summed E-state index contributed by atoms with van der Waals surface area (Å²) in [5.41, 5.74) is 3.54. The van der Waals surface area contributed by atoms with Crippen LogP contribution in [0.15, 0.2) is 47.3 Å². The van der Waals surface area contributed by atoms with Gasteiger partial charge in [0, 0.05) is 43.8 Å². The fourth-order valence-corrected chi connectivity index (χ4v) is 5.62. The van der Waals surface area contributed by atoms with Gasteiger partial charge in [-0.15, -0.1) is 5.10 Å². The molecule has 1 unspecified atom stereocenters. The number of aromatic nitrogens is 5. The first-order valence-electron chi connectivity index (χ1n) is 14.2. The Kier molecular flexibility index (Phi) is 7.06. The standard InChI is InChI=1S/C30H37N7O3/c1-5-20-7-9-24-22(15-20)17-23(29(38)31-24)27(28-32-33-34-37(28)30(3,4)6-2)36-13-11-35(12-14-36)18-21-8-10-25-26(16-21)40-19-39-25/h7-10,15-17,27H,5-6,11-14,18-19H2,1-4H3,(H,31,38). The minimum atomic E-state index is -0.369. The summed E-state index contributed by atoms with van der Waals surface area (Å²) in [6.45, 7) is 12.9. The molecule has 1 atom stereocenters. The summed E-state index contributed by atoms with van der Waals surface area (Å²) in [6.07, 6.45) is 1.79. The molecule has 1 N–H and O–H groups in total. The smallest absolute Gasteiger partial charge is 0.253 e. The third-order valence-corrected chi connectivity index (χ3v) is 8.43. The maximum absolute atomic E-state index is 13.6. The Morgan fingerprint density at radius 1 is 0.975 bits per heavy atom. The quantitative estimate of drug-likeness (QED) is 0.358. The Hall–Kier alpha value is -3.76. The van der Waals surface area contributed by atoms with Crippen LogP contribution in [0.25, 0.3) is 10.9 Å². The van der Waals surface area contributed by atoms with Crippen molar-refractivity contribution >= 4 is 10.9 Å². The van der Waals surface area contributed by atoms with Gasteiger partial charge in [0.1, 0.15) is 6.04 Å². The van der Waals surface area contributed by atoms with Crippen LogP contribution in [0, 0.1) is 0 Å². The van der Waals surface area contributed by atoms with Gasteiger partial charge >= 0.3 is 0 Å². The highest BCUT2D eigenvalue weighted by Crippen LogP contribution is 2.34. The zero-order chi connectivity index (χ0) is 27.9. The number of H-pyrrole nitrogens is 1. The molecule has 0 saturated carbocycles. The van der Waals surface area contributed by atoms with Crippen molar-refractivity contribution in [3.8, 4) is 11.5 Å². The van der Waals surface area contributed by atoms with Crippen LogP contribution in [0.3, 0.4) is 0 Å². The van der Waals surface area contributed by atoms with E-state index < -0.39 is 0 Å². The van der Waals surface area contributed by atoms with Crippen LogP contribution in [-0.2, 0) is 18.5 Å². The molecule has 4 aromatic rings. The predicted octanol–water partition coefficient (Wildman–Crippen LogP) is 3.86. The van der Waals surface area contributed by atoms with Crippen molar-refractivity contribution in [3.05, 3.63) is 75.3 Å². The summed E-state index contributed by atoms with van der Waals surface area (Å²) in [5.74, 6) is 2.31. The van der Waals surface area contributed by atoms with Gasteiger partial charge in [0.05, 0.1) is 5.54 Å². The second kappa shape index (κ2) is 10.7. The van der Waals surface area contributed by atoms with E-state index in [-0.39, 0.29) is 23.9 Å². The number of piperazine rings is 1. The summed E-state index contributed by atoms with van der Waals surface area (Å²) in [6, 6.07) is 14.0. The Morgan fingerprint density at radius 2 is 1.75 bits per heavy atom. The van der Waals surface area contributed by atoms with Gasteiger partial charge in [-0.05, 0) is 84.0 Å². The number of pyridine rings is 1. The number of nitrogens with zero attached hydrogens (tertiary/aromatic N) is 6. The number of aryl methyl sites for hydroxylation is 1. The minimum Gasteiger partial charge on any atom is -0.454 e. The number of aromatic amines is 1. The van der Waals surface area contributed by atoms with E-state index in [1.807, 2.05) is 22.9 Å². The summed E-state index contributed by atoms with van der Waals surface area (Å²) >= 11 is 0. The van der Waals surface area contributed by atoms with Gasteiger partial charge in [0.25, 0.3) is 5.56 Å². The normalized spacial score (nSPS) is 17.0. The fourth-order valence-electron chi connectivity index (χ4n) is 5.62. The van der Waals surface area contributed by atoms with Gasteiger partial charge in [0.2, 0.25) is 6.79 Å². The molecule has 0 spiro atoms. The van der Waals surface area contributed by atoms with Crippen LogP contribution in [-0.4, -0.2) is 68.0 Å². The van der Waals surface area contributed by atoms with Crippen molar-refractivity contribution in [2.24, 2.45) is 0 Å². The second-order valence-electron chi connectivity index (χ2n) is 11.3. The lowest BCUT2D eigenvalue weighted by Gasteiger charge is -2.39. The van der Waals surface area contributed by atoms with E-state index in [1.165, 1.54) is 11.1 Å². The predicted molar refractivity (Wildman–Crippen MR) is 153 cm³/mol. The summed E-state index contributed by atoms with van der Waals surface area (Å²) < 4.78 is 12.9. The summed E-state index contributed by atoms with van der Waals surface area (Å²) in [5, 5.41) is 14.0. The molecule has 0 radical (unpaired) electrons. The first kappa shape index (κ1) is 26.5. The number of rotatable bonds is 8. The molecule has 1 fully saturated rings. The lowest BCUT2D eigenvalue weighted by atomic mass is 9.98. The molecule has 2 aliphatic heterocycles. The van der Waals surface area contributed by atoms with Gasteiger partial charge in [-0.3, -0.25) is 14.6 Å². The maximum Gasteiger partial charge on any atom is 0.253 e. The molecule has 1 saturated heterocycles. The highest BCUT2D eigenvalue weighted by molar-refractivity contribution is 5.80. The van der Waals surface area contributed by atoms with E-state index in [9.17, 15) is 4.79 Å². The molecular formula is C30H37N7O3. The van der Waals surface area contributed by atoms with Gasteiger partial charge in [0.15, 0.2) is 17.3 Å². The van der Waals surface area contributed by atoms with Gasteiger partial charge in [-0.25, -0.2) is 4.68 Å². The van der Waals surface area contributed by atoms with E-state index in [0.29, 0.717) is 11.4 Å². The number of fused-ring (bicyclic) bond motifs is 2. The summed E-state index contributed by atoms with van der Waals surface area (Å²) in [4.78, 5) is 21.5. The number of ether oxygens (including phenoxy) is 2. The largest absolute Gasteiger partial charge is 0.454 e. The summed E-state index contributed by atoms with van der Waals surface area (Å²) in [7, 11) is 0. The van der Waals surface area contributed by atoms with Crippen molar-refractivity contribution in [1.29, 1.82) is 0 Å². The molecule has 2 aromatic heterocycles. The van der Waals surface area contributed by atoms with Crippen LogP contribution >= 0.6 is 0 Å². The molecule has 0 amide bonds. The molecule has 210 valence electrons. The van der Waals surface area contributed by atoms with E-state index in [0.717, 1.165) is 68.0 Å². The molecule has 10 nitrogen and oxygen atoms in total. The van der Waals surface area contributed by atoms with Crippen LogP contribution < -0.4 is 15.0 Å². The average molecular weight is 544 g/mol. The van der Waals surface area contributed by atoms with Crippen LogP contribution in [0.1, 0.15) is 62.7 Å². The molecule has 40 heavy (non-hydrogen) atoms. The van der Waals surface area contributed by atoms with Crippen molar-refractivity contribution in [3.63, 3.8) is 0 Å². The number of nitrogens with one attached hydrogen (secondary N) is 1. The first-order valence-corrected chi connectivity index (χ1v) is 14.2. The Labute approximate surface area is 233 Å². The van der Waals surface area contributed by atoms with E-state index in [4.69, 9.17) is 9.47 Å². The topological polar surface area (TPSA) is 101 Å². The average Bonchev–Trinajstić information content (AvgIpc) is 3.64. The molecule has 0 aliphatic carbocycles.